The van der Waals surface area contributed by atoms with Crippen LogP contribution in [0, 0.1) is 12.8 Å². The van der Waals surface area contributed by atoms with Gasteiger partial charge >= 0.3 is 7.82 Å². The first kappa shape index (κ1) is 17.2. The molecule has 4 nitrogen and oxygen atoms in total. The minimum absolute atomic E-state index is 0.305. The summed E-state index contributed by atoms with van der Waals surface area (Å²) in [5.41, 5.74) is 1.96. The third-order valence-corrected chi connectivity index (χ3v) is 3.92. The fraction of sp³-hybridized carbons (Fsp3) is 0.600. The maximum atomic E-state index is 11.0. The van der Waals surface area contributed by atoms with E-state index in [-0.39, 0.29) is 0 Å². The van der Waals surface area contributed by atoms with E-state index in [1.807, 2.05) is 19.1 Å². The topological polar surface area (TPSA) is 66.8 Å². The quantitative estimate of drug-likeness (QED) is 0.705. The van der Waals surface area contributed by atoms with E-state index in [0.717, 1.165) is 36.8 Å². The molecule has 0 aliphatic rings. The molecule has 0 heterocycles. The molecule has 2 N–H and O–H groups in total. The zero-order valence-corrected chi connectivity index (χ0v) is 13.4. The molecule has 1 atom stereocenters. The predicted octanol–water partition coefficient (Wildman–Crippen LogP) is 4.23. The van der Waals surface area contributed by atoms with Crippen molar-refractivity contribution in [1.82, 2.24) is 0 Å². The molecular formula is C15H25O4P. The predicted molar refractivity (Wildman–Crippen MR) is 80.9 cm³/mol. The summed E-state index contributed by atoms with van der Waals surface area (Å²) in [6, 6.07) is 5.41. The van der Waals surface area contributed by atoms with Crippen LogP contribution in [0.3, 0.4) is 0 Å². The second-order valence-corrected chi connectivity index (χ2v) is 6.48. The molecule has 0 saturated heterocycles. The van der Waals surface area contributed by atoms with Gasteiger partial charge in [-0.2, -0.15) is 0 Å². The van der Waals surface area contributed by atoms with Gasteiger partial charge in [-0.15, -0.1) is 0 Å². The van der Waals surface area contributed by atoms with Gasteiger partial charge in [0.1, 0.15) is 5.75 Å². The lowest BCUT2D eigenvalue weighted by Gasteiger charge is -2.18. The second kappa shape index (κ2) is 7.82. The summed E-state index contributed by atoms with van der Waals surface area (Å²) in [4.78, 5) is 18.0. The molecule has 0 amide bonds. The van der Waals surface area contributed by atoms with E-state index in [1.54, 1.807) is 6.07 Å². The van der Waals surface area contributed by atoms with Crippen LogP contribution in [0.15, 0.2) is 18.2 Å². The molecule has 1 rings (SSSR count). The number of hydrogen-bond acceptors (Lipinski definition) is 2. The van der Waals surface area contributed by atoms with Crippen LogP contribution >= 0.6 is 7.82 Å². The van der Waals surface area contributed by atoms with Gasteiger partial charge in [-0.25, -0.2) is 4.57 Å². The zero-order chi connectivity index (χ0) is 15.2. The van der Waals surface area contributed by atoms with Gasteiger partial charge in [0, 0.05) is 0 Å². The summed E-state index contributed by atoms with van der Waals surface area (Å²) < 4.78 is 15.8. The first-order chi connectivity index (χ1) is 9.35. The van der Waals surface area contributed by atoms with Crippen molar-refractivity contribution in [2.75, 3.05) is 0 Å². The van der Waals surface area contributed by atoms with Gasteiger partial charge in [0.15, 0.2) is 0 Å². The van der Waals surface area contributed by atoms with Crippen molar-refractivity contribution in [2.45, 2.75) is 52.9 Å². The van der Waals surface area contributed by atoms with E-state index in [1.165, 1.54) is 6.42 Å². The van der Waals surface area contributed by atoms with Crippen LogP contribution < -0.4 is 4.52 Å². The fourth-order valence-corrected chi connectivity index (χ4v) is 2.77. The number of rotatable bonds is 8. The first-order valence-corrected chi connectivity index (χ1v) is 8.73. The molecule has 0 spiro atoms. The van der Waals surface area contributed by atoms with Crippen LogP contribution in [0.5, 0.6) is 5.75 Å². The molecule has 1 aromatic rings. The largest absolute Gasteiger partial charge is 0.524 e. The van der Waals surface area contributed by atoms with Gasteiger partial charge in [-0.1, -0.05) is 57.2 Å². The standard InChI is InChI=1S/C15H25O4P/c1-4-6-7-13(5-2)11-14-10-12(3)8-9-15(14)19-20(16,17)18/h8-10,13H,4-7,11H2,1-3H3,(H2,16,17,18). The van der Waals surface area contributed by atoms with E-state index in [4.69, 9.17) is 14.3 Å². The van der Waals surface area contributed by atoms with Crippen molar-refractivity contribution in [3.8, 4) is 5.75 Å². The summed E-state index contributed by atoms with van der Waals surface area (Å²) >= 11 is 0. The highest BCUT2D eigenvalue weighted by Gasteiger charge is 2.19. The Bertz CT molecular complexity index is 467. The Hall–Kier alpha value is -0.830. The van der Waals surface area contributed by atoms with Crippen molar-refractivity contribution in [3.05, 3.63) is 29.3 Å². The van der Waals surface area contributed by atoms with Crippen LogP contribution in [0.1, 0.15) is 50.7 Å². The Morgan fingerprint density at radius 1 is 1.30 bits per heavy atom. The molecule has 5 heteroatoms. The summed E-state index contributed by atoms with van der Waals surface area (Å²) in [6.07, 6.45) is 5.34. The Balaban J connectivity index is 2.90. The lowest BCUT2D eigenvalue weighted by molar-refractivity contribution is 0.281. The maximum Gasteiger partial charge on any atom is 0.524 e. The van der Waals surface area contributed by atoms with Crippen molar-refractivity contribution in [3.63, 3.8) is 0 Å². The highest BCUT2D eigenvalue weighted by molar-refractivity contribution is 7.46. The van der Waals surface area contributed by atoms with E-state index >= 15 is 0 Å². The van der Waals surface area contributed by atoms with Gasteiger partial charge in [0.25, 0.3) is 0 Å². The smallest absolute Gasteiger partial charge is 0.404 e. The molecule has 0 saturated carbocycles. The summed E-state index contributed by atoms with van der Waals surface area (Å²) in [5.74, 6) is 0.828. The van der Waals surface area contributed by atoms with Crippen molar-refractivity contribution in [1.29, 1.82) is 0 Å². The Morgan fingerprint density at radius 3 is 2.55 bits per heavy atom. The van der Waals surface area contributed by atoms with Crippen LogP contribution in [-0.2, 0) is 11.0 Å². The third kappa shape index (κ3) is 6.08. The molecule has 20 heavy (non-hydrogen) atoms. The van der Waals surface area contributed by atoms with Crippen LogP contribution in [0.25, 0.3) is 0 Å². The van der Waals surface area contributed by atoms with E-state index in [9.17, 15) is 4.57 Å². The number of unbranched alkanes of at least 4 members (excludes halogenated alkanes) is 1. The maximum absolute atomic E-state index is 11.0. The highest BCUT2D eigenvalue weighted by Crippen LogP contribution is 2.40. The van der Waals surface area contributed by atoms with Gasteiger partial charge in [-0.05, 0) is 30.9 Å². The molecular weight excluding hydrogens is 275 g/mol. The lowest BCUT2D eigenvalue weighted by atomic mass is 9.91. The first-order valence-electron chi connectivity index (χ1n) is 7.20. The van der Waals surface area contributed by atoms with Gasteiger partial charge in [0.2, 0.25) is 0 Å². The van der Waals surface area contributed by atoms with Crippen LogP contribution in [0.4, 0.5) is 0 Å². The van der Waals surface area contributed by atoms with Gasteiger partial charge in [0.05, 0.1) is 0 Å². The Kier molecular flexibility index (Phi) is 6.74. The molecule has 0 aliphatic carbocycles. The van der Waals surface area contributed by atoms with Crippen molar-refractivity contribution >= 4 is 7.82 Å². The molecule has 1 aromatic carbocycles. The van der Waals surface area contributed by atoms with Crippen molar-refractivity contribution < 1.29 is 18.9 Å². The molecule has 0 fully saturated rings. The molecule has 0 aromatic heterocycles. The monoisotopic (exact) mass is 300 g/mol. The normalized spacial score (nSPS) is 13.2. The van der Waals surface area contributed by atoms with Gasteiger partial charge < -0.3 is 4.52 Å². The molecule has 114 valence electrons. The van der Waals surface area contributed by atoms with Crippen molar-refractivity contribution in [2.24, 2.45) is 5.92 Å². The number of hydrogen-bond donors (Lipinski definition) is 2. The number of benzene rings is 1. The van der Waals surface area contributed by atoms with E-state index in [0.29, 0.717) is 11.7 Å². The zero-order valence-electron chi connectivity index (χ0n) is 12.5. The summed E-state index contributed by atoms with van der Waals surface area (Å²) in [6.45, 7) is 6.29. The minimum Gasteiger partial charge on any atom is -0.404 e. The molecule has 1 unspecified atom stereocenters. The Labute approximate surface area is 121 Å². The van der Waals surface area contributed by atoms with Gasteiger partial charge in [-0.3, -0.25) is 9.79 Å². The van der Waals surface area contributed by atoms with Crippen LogP contribution in [-0.4, -0.2) is 9.79 Å². The molecule has 0 radical (unpaired) electrons. The number of phosphoric ester groups is 1. The van der Waals surface area contributed by atoms with E-state index in [2.05, 4.69) is 13.8 Å². The fourth-order valence-electron chi connectivity index (χ4n) is 2.34. The number of aryl methyl sites for hydroxylation is 1. The SMILES string of the molecule is CCCCC(CC)Cc1cc(C)ccc1OP(=O)(O)O. The highest BCUT2D eigenvalue weighted by atomic mass is 31.2. The Morgan fingerprint density at radius 2 is 2.00 bits per heavy atom. The van der Waals surface area contributed by atoms with E-state index < -0.39 is 7.82 Å². The lowest BCUT2D eigenvalue weighted by Crippen LogP contribution is -2.05. The average molecular weight is 300 g/mol. The molecule has 0 aliphatic heterocycles. The van der Waals surface area contributed by atoms with Crippen LogP contribution in [0.2, 0.25) is 0 Å². The summed E-state index contributed by atoms with van der Waals surface area (Å²) in [7, 11) is -4.50. The average Bonchev–Trinajstić information content (AvgIpc) is 2.36. The third-order valence-electron chi connectivity index (χ3n) is 3.49. The summed E-state index contributed by atoms with van der Waals surface area (Å²) in [5, 5.41) is 0. The second-order valence-electron chi connectivity index (χ2n) is 5.31. The minimum atomic E-state index is -4.50. The molecule has 0 bridgehead atoms. The number of phosphoric acid groups is 1.